The minimum atomic E-state index is -1.64. The molecule has 0 saturated heterocycles. The maximum atomic E-state index is 10.8. The monoisotopic (exact) mass is 173 g/mol. The van der Waals surface area contributed by atoms with Crippen molar-refractivity contribution in [2.24, 2.45) is 5.16 Å². The zero-order chi connectivity index (χ0) is 9.94. The molecule has 5 nitrogen and oxygen atoms in total. The molecule has 1 atom stereocenters. The summed E-state index contributed by atoms with van der Waals surface area (Å²) in [4.78, 5) is 10.8. The number of ketones is 1. The maximum Gasteiger partial charge on any atom is 0.312 e. The minimum absolute atomic E-state index is 0.333. The van der Waals surface area contributed by atoms with Crippen molar-refractivity contribution in [3.8, 4) is 0 Å². The highest BCUT2D eigenvalue weighted by Gasteiger charge is 2.39. The van der Waals surface area contributed by atoms with Gasteiger partial charge in [-0.2, -0.15) is 0 Å². The highest BCUT2D eigenvalue weighted by atomic mass is 16.4. The SMILES string of the molecule is C=[N+](C)C(C)(O)/C(=N/O)C(C)=O. The summed E-state index contributed by atoms with van der Waals surface area (Å²) in [7, 11) is 1.47. The van der Waals surface area contributed by atoms with Gasteiger partial charge in [0.1, 0.15) is 13.8 Å². The van der Waals surface area contributed by atoms with Crippen molar-refractivity contribution in [1.29, 1.82) is 0 Å². The van der Waals surface area contributed by atoms with Crippen LogP contribution in [0.2, 0.25) is 0 Å². The number of nitrogens with zero attached hydrogens (tertiary/aromatic N) is 2. The van der Waals surface area contributed by atoms with Gasteiger partial charge in [-0.3, -0.25) is 4.79 Å². The third kappa shape index (κ3) is 1.88. The van der Waals surface area contributed by atoms with Crippen LogP contribution in [0.25, 0.3) is 0 Å². The Balaban J connectivity index is 5.00. The lowest BCUT2D eigenvalue weighted by Gasteiger charge is -2.16. The Morgan fingerprint density at radius 1 is 1.67 bits per heavy atom. The molecule has 0 aliphatic rings. The molecule has 0 radical (unpaired) electrons. The van der Waals surface area contributed by atoms with Crippen LogP contribution in [0.1, 0.15) is 13.8 Å². The van der Waals surface area contributed by atoms with Crippen molar-refractivity contribution in [3.05, 3.63) is 0 Å². The van der Waals surface area contributed by atoms with Crippen LogP contribution in [0.4, 0.5) is 0 Å². The fourth-order valence-electron chi connectivity index (χ4n) is 0.679. The van der Waals surface area contributed by atoms with Crippen molar-refractivity contribution in [2.75, 3.05) is 7.05 Å². The second kappa shape index (κ2) is 3.44. The Morgan fingerprint density at radius 2 is 2.08 bits per heavy atom. The number of hydrogen-bond donors (Lipinski definition) is 2. The van der Waals surface area contributed by atoms with Crippen LogP contribution in [0, 0.1) is 0 Å². The molecule has 12 heavy (non-hydrogen) atoms. The normalized spacial score (nSPS) is 16.8. The van der Waals surface area contributed by atoms with E-state index in [1.54, 1.807) is 0 Å². The van der Waals surface area contributed by atoms with Crippen molar-refractivity contribution < 1.29 is 19.7 Å². The summed E-state index contributed by atoms with van der Waals surface area (Å²) in [5, 5.41) is 20.7. The van der Waals surface area contributed by atoms with E-state index in [4.69, 9.17) is 5.21 Å². The van der Waals surface area contributed by atoms with Crippen molar-refractivity contribution in [1.82, 2.24) is 0 Å². The number of oxime groups is 1. The lowest BCUT2D eigenvalue weighted by Crippen LogP contribution is -2.47. The van der Waals surface area contributed by atoms with Gasteiger partial charge in [0.15, 0.2) is 5.78 Å². The van der Waals surface area contributed by atoms with Gasteiger partial charge in [0, 0.05) is 13.8 Å². The first-order valence-electron chi connectivity index (χ1n) is 3.34. The molecule has 68 valence electrons. The van der Waals surface area contributed by atoms with Gasteiger partial charge in [-0.15, -0.1) is 0 Å². The maximum absolute atomic E-state index is 10.8. The molecule has 0 rings (SSSR count). The smallest absolute Gasteiger partial charge is 0.312 e. The Kier molecular flexibility index (Phi) is 3.09. The van der Waals surface area contributed by atoms with Gasteiger partial charge >= 0.3 is 5.72 Å². The third-order valence-electron chi connectivity index (χ3n) is 1.63. The average Bonchev–Trinajstić information content (AvgIpc) is 1.86. The quantitative estimate of drug-likeness (QED) is 0.198. The molecule has 0 aliphatic heterocycles. The van der Waals surface area contributed by atoms with Gasteiger partial charge in [-0.25, -0.2) is 4.58 Å². The summed E-state index contributed by atoms with van der Waals surface area (Å²) in [5.41, 5.74) is -1.97. The second-order valence-corrected chi connectivity index (χ2v) is 2.72. The van der Waals surface area contributed by atoms with E-state index in [9.17, 15) is 9.90 Å². The molecule has 0 aromatic carbocycles. The second-order valence-electron chi connectivity index (χ2n) is 2.72. The fraction of sp³-hybridized carbons (Fsp3) is 0.571. The first kappa shape index (κ1) is 10.8. The number of aliphatic hydroxyl groups is 1. The van der Waals surface area contributed by atoms with Crippen LogP contribution in [0.15, 0.2) is 5.16 Å². The van der Waals surface area contributed by atoms with E-state index in [0.29, 0.717) is 0 Å². The first-order valence-corrected chi connectivity index (χ1v) is 3.34. The lowest BCUT2D eigenvalue weighted by molar-refractivity contribution is -0.599. The predicted octanol–water partition coefficient (Wildman–Crippen LogP) is -0.543. The minimum Gasteiger partial charge on any atom is -0.410 e. The topological polar surface area (TPSA) is 72.9 Å². The number of rotatable bonds is 3. The fourth-order valence-corrected chi connectivity index (χ4v) is 0.679. The number of Topliss-reactive ketones (excluding diaryl/α,β-unsaturated/α-hetero) is 1. The zero-order valence-corrected chi connectivity index (χ0v) is 7.40. The summed E-state index contributed by atoms with van der Waals surface area (Å²) in [6, 6.07) is 0. The van der Waals surface area contributed by atoms with E-state index >= 15 is 0 Å². The molecule has 0 fully saturated rings. The summed E-state index contributed by atoms with van der Waals surface area (Å²) < 4.78 is 1.13. The summed E-state index contributed by atoms with van der Waals surface area (Å²) in [5.74, 6) is -0.502. The van der Waals surface area contributed by atoms with E-state index in [0.717, 1.165) is 4.58 Å². The van der Waals surface area contributed by atoms with Crippen LogP contribution in [0.5, 0.6) is 0 Å². The summed E-state index contributed by atoms with van der Waals surface area (Å²) in [6.07, 6.45) is 0. The van der Waals surface area contributed by atoms with Gasteiger partial charge in [-0.05, 0) is 0 Å². The molecular formula is C7H13N2O3+. The predicted molar refractivity (Wildman–Crippen MR) is 43.8 cm³/mol. The molecular weight excluding hydrogens is 160 g/mol. The van der Waals surface area contributed by atoms with Gasteiger partial charge in [-0.1, -0.05) is 5.16 Å². The van der Waals surface area contributed by atoms with E-state index in [-0.39, 0.29) is 5.71 Å². The van der Waals surface area contributed by atoms with Crippen LogP contribution in [-0.2, 0) is 4.79 Å². The highest BCUT2D eigenvalue weighted by Crippen LogP contribution is 2.06. The van der Waals surface area contributed by atoms with Crippen LogP contribution in [0.3, 0.4) is 0 Å². The molecule has 0 heterocycles. The van der Waals surface area contributed by atoms with Gasteiger partial charge in [0.25, 0.3) is 0 Å². The molecule has 5 heteroatoms. The van der Waals surface area contributed by atoms with Crippen LogP contribution < -0.4 is 0 Å². The molecule has 0 saturated carbocycles. The Bertz CT molecular complexity index is 243. The highest BCUT2D eigenvalue weighted by molar-refractivity contribution is 6.41. The first-order chi connectivity index (χ1) is 5.34. The molecule has 0 amide bonds. The lowest BCUT2D eigenvalue weighted by atomic mass is 10.1. The Labute approximate surface area is 70.6 Å². The Hall–Kier alpha value is -1.23. The molecule has 1 unspecified atom stereocenters. The van der Waals surface area contributed by atoms with Crippen molar-refractivity contribution in [2.45, 2.75) is 19.6 Å². The largest absolute Gasteiger partial charge is 0.410 e. The van der Waals surface area contributed by atoms with Crippen molar-refractivity contribution in [3.63, 3.8) is 0 Å². The van der Waals surface area contributed by atoms with Gasteiger partial charge < -0.3 is 10.3 Å². The van der Waals surface area contributed by atoms with Crippen LogP contribution >= 0.6 is 0 Å². The molecule has 0 spiro atoms. The standard InChI is InChI=1S/C7H12N2O3/c1-5(10)6(8-12)7(2,11)9(3)4/h11H,3H2,1-2,4H3/p+1. The van der Waals surface area contributed by atoms with Gasteiger partial charge in [0.05, 0.1) is 0 Å². The molecule has 2 N–H and O–H groups in total. The van der Waals surface area contributed by atoms with E-state index < -0.39 is 11.5 Å². The summed E-state index contributed by atoms with van der Waals surface area (Å²) in [6.45, 7) is 5.92. The molecule has 0 bridgehead atoms. The zero-order valence-electron chi connectivity index (χ0n) is 7.40. The van der Waals surface area contributed by atoms with Crippen LogP contribution in [-0.4, -0.2) is 45.9 Å². The number of hydrogen-bond acceptors (Lipinski definition) is 4. The van der Waals surface area contributed by atoms with Gasteiger partial charge in [0.2, 0.25) is 5.71 Å². The molecule has 0 aromatic rings. The summed E-state index contributed by atoms with van der Waals surface area (Å²) >= 11 is 0. The third-order valence-corrected chi connectivity index (χ3v) is 1.63. The number of carbonyl (C=O) groups excluding carboxylic acids is 1. The van der Waals surface area contributed by atoms with E-state index in [2.05, 4.69) is 11.9 Å². The van der Waals surface area contributed by atoms with Crippen molar-refractivity contribution >= 4 is 18.2 Å². The number of carbonyl (C=O) groups is 1. The van der Waals surface area contributed by atoms with E-state index in [1.165, 1.54) is 20.9 Å². The van der Waals surface area contributed by atoms with E-state index in [1.807, 2.05) is 0 Å². The Morgan fingerprint density at radius 3 is 2.17 bits per heavy atom. The molecule has 0 aromatic heterocycles. The molecule has 0 aliphatic carbocycles. The average molecular weight is 173 g/mol.